The maximum absolute atomic E-state index is 14.2. The van der Waals surface area contributed by atoms with Crippen LogP contribution < -0.4 is 11.5 Å². The Labute approximate surface area is 191 Å². The van der Waals surface area contributed by atoms with Gasteiger partial charge in [0.05, 0.1) is 23.8 Å². The molecule has 0 spiro atoms. The lowest BCUT2D eigenvalue weighted by Gasteiger charge is -2.05. The van der Waals surface area contributed by atoms with Gasteiger partial charge in [-0.3, -0.25) is 0 Å². The Bertz CT molecular complexity index is 1510. The molecule has 0 aliphatic heterocycles. The van der Waals surface area contributed by atoms with Crippen LogP contribution in [0.2, 0.25) is 0 Å². The number of nitrogens with two attached hydrogens (primary N) is 2. The molecule has 3 aromatic heterocycles. The molecule has 5 rings (SSSR count). The van der Waals surface area contributed by atoms with Crippen LogP contribution in [0.4, 0.5) is 31.8 Å². The molecule has 0 fully saturated rings. The first-order valence-corrected chi connectivity index (χ1v) is 9.98. The molecule has 0 radical (unpaired) electrons. The Kier molecular flexibility index (Phi) is 5.23. The number of halogens is 2. The van der Waals surface area contributed by atoms with Gasteiger partial charge in [-0.2, -0.15) is 10.2 Å². The van der Waals surface area contributed by atoms with Crippen LogP contribution in [0.15, 0.2) is 65.0 Å². The average molecular weight is 455 g/mol. The summed E-state index contributed by atoms with van der Waals surface area (Å²) in [6.45, 7) is 0.0144. The van der Waals surface area contributed by atoms with Gasteiger partial charge < -0.3 is 11.5 Å². The number of azo groups is 1. The highest BCUT2D eigenvalue weighted by Crippen LogP contribution is 2.33. The third kappa shape index (κ3) is 3.95. The van der Waals surface area contributed by atoms with E-state index in [0.29, 0.717) is 22.3 Å². The van der Waals surface area contributed by atoms with Crippen molar-refractivity contribution in [2.45, 2.75) is 6.54 Å². The molecule has 0 saturated heterocycles. The second kappa shape index (κ2) is 8.51. The van der Waals surface area contributed by atoms with E-state index >= 15 is 0 Å². The van der Waals surface area contributed by atoms with Crippen molar-refractivity contribution >= 4 is 34.0 Å². The summed E-state index contributed by atoms with van der Waals surface area (Å²) in [5.74, 6) is -1.10. The maximum atomic E-state index is 14.2. The van der Waals surface area contributed by atoms with Crippen molar-refractivity contribution in [3.05, 3.63) is 84.1 Å². The molecule has 0 aliphatic carbocycles. The van der Waals surface area contributed by atoms with Crippen LogP contribution in [0, 0.1) is 23.8 Å². The molecule has 0 amide bonds. The highest BCUT2D eigenvalue weighted by Gasteiger charge is 2.20. The maximum Gasteiger partial charge on any atom is 0.184 e. The summed E-state index contributed by atoms with van der Waals surface area (Å²) >= 11 is 0. The third-order valence-electron chi connectivity index (χ3n) is 4.88. The van der Waals surface area contributed by atoms with Crippen LogP contribution in [0.25, 0.3) is 22.6 Å². The lowest BCUT2D eigenvalue weighted by Crippen LogP contribution is -2.05. The molecule has 4 N–H and O–H groups in total. The van der Waals surface area contributed by atoms with Gasteiger partial charge in [0.15, 0.2) is 28.8 Å². The summed E-state index contributed by atoms with van der Waals surface area (Å²) in [7, 11) is 0. The number of rotatable bonds is 5. The fourth-order valence-electron chi connectivity index (χ4n) is 3.29. The van der Waals surface area contributed by atoms with Gasteiger partial charge in [-0.25, -0.2) is 28.4 Å². The molecule has 5 aromatic rings. The van der Waals surface area contributed by atoms with Crippen LogP contribution in [-0.2, 0) is 6.54 Å². The molecule has 9 nitrogen and oxygen atoms in total. The Morgan fingerprint density at radius 3 is 2.44 bits per heavy atom. The van der Waals surface area contributed by atoms with Crippen LogP contribution in [0.1, 0.15) is 5.56 Å². The summed E-state index contributed by atoms with van der Waals surface area (Å²) < 4.78 is 29.6. The Morgan fingerprint density at radius 2 is 1.71 bits per heavy atom. The van der Waals surface area contributed by atoms with Crippen LogP contribution in [0.5, 0.6) is 0 Å². The van der Waals surface area contributed by atoms with Gasteiger partial charge in [0.25, 0.3) is 0 Å². The van der Waals surface area contributed by atoms with Crippen LogP contribution >= 0.6 is 0 Å². The van der Waals surface area contributed by atoms with Gasteiger partial charge >= 0.3 is 0 Å². The predicted octanol–water partition coefficient (Wildman–Crippen LogP) is 4.39. The van der Waals surface area contributed by atoms with E-state index in [1.54, 1.807) is 12.1 Å². The normalized spacial score (nSPS) is 11.2. The summed E-state index contributed by atoms with van der Waals surface area (Å²) in [6, 6.07) is 18.1. The van der Waals surface area contributed by atoms with Gasteiger partial charge in [-0.1, -0.05) is 30.3 Å². The van der Waals surface area contributed by atoms with Gasteiger partial charge in [-0.15, -0.1) is 5.11 Å². The summed E-state index contributed by atoms with van der Waals surface area (Å²) in [4.78, 5) is 12.6. The molecule has 11 heteroatoms. The molecular weight excluding hydrogens is 440 g/mol. The molecule has 0 saturated carbocycles. The molecule has 0 aliphatic rings. The van der Waals surface area contributed by atoms with Gasteiger partial charge in [-0.05, 0) is 24.3 Å². The number of hydrogen-bond acceptors (Lipinski definition) is 8. The molecule has 166 valence electrons. The number of fused-ring (bicyclic) bond motifs is 1. The highest BCUT2D eigenvalue weighted by molar-refractivity contribution is 5.90. The molecule has 0 bridgehead atoms. The summed E-state index contributed by atoms with van der Waals surface area (Å²) in [5, 5.41) is 12.9. The number of nitrogens with zero attached hydrogens (tertiary/aromatic N) is 7. The fraction of sp³-hybridized carbons (Fsp3) is 0.0435. The number of benzene rings is 1. The van der Waals surface area contributed by atoms with Crippen molar-refractivity contribution < 1.29 is 8.78 Å². The molecule has 0 atom stereocenters. The Morgan fingerprint density at radius 1 is 0.971 bits per heavy atom. The third-order valence-corrected chi connectivity index (χ3v) is 4.88. The lowest BCUT2D eigenvalue weighted by atomic mass is 10.2. The standard InChI is InChI=1S/C23H15F2N9/c24-14-10-16-18(33-34(23(16)28-11-14)12-13-6-4-5-9-17(13)25)22-29-20(26)19(21(27)30-22)32-31-15-7-2-1-3-8-15/h1-3,6-11H,12H2,(H4,26,27,29,30). The summed E-state index contributed by atoms with van der Waals surface area (Å²) in [5.41, 5.74) is 13.6. The fourth-order valence-corrected chi connectivity index (χ4v) is 3.29. The van der Waals surface area contributed by atoms with E-state index in [1.807, 2.05) is 18.2 Å². The number of anilines is 2. The van der Waals surface area contributed by atoms with Crippen LogP contribution in [0.3, 0.4) is 0 Å². The topological polar surface area (TPSA) is 133 Å². The van der Waals surface area contributed by atoms with Crippen molar-refractivity contribution in [1.82, 2.24) is 24.7 Å². The van der Waals surface area contributed by atoms with E-state index in [1.165, 1.54) is 22.9 Å². The van der Waals surface area contributed by atoms with E-state index in [9.17, 15) is 8.78 Å². The van der Waals surface area contributed by atoms with Gasteiger partial charge in [0.2, 0.25) is 0 Å². The minimum absolute atomic E-state index is 0.0144. The monoisotopic (exact) mass is 455 g/mol. The predicted molar refractivity (Wildman–Crippen MR) is 121 cm³/mol. The van der Waals surface area contributed by atoms with E-state index in [-0.39, 0.29) is 35.4 Å². The molecule has 0 unspecified atom stereocenters. The van der Waals surface area contributed by atoms with E-state index in [4.69, 9.17) is 11.5 Å². The number of aromatic nitrogens is 5. The number of hydrogen-bond donors (Lipinski definition) is 2. The zero-order chi connectivity index (χ0) is 23.7. The second-order valence-electron chi connectivity index (χ2n) is 7.18. The first-order valence-electron chi connectivity index (χ1n) is 9.98. The first-order chi connectivity index (χ1) is 16.5. The van der Waals surface area contributed by atoms with Crippen molar-refractivity contribution in [2.24, 2.45) is 10.2 Å². The smallest absolute Gasteiger partial charge is 0.184 e. The quantitative estimate of drug-likeness (QED) is 0.378. The van der Waals surface area contributed by atoms with Gasteiger partial charge in [0, 0.05) is 11.6 Å². The average Bonchev–Trinajstić information content (AvgIpc) is 3.18. The summed E-state index contributed by atoms with van der Waals surface area (Å²) in [6.07, 6.45) is 1.04. The van der Waals surface area contributed by atoms with E-state index in [2.05, 4.69) is 42.4 Å². The SMILES string of the molecule is Nc1nc(-c2nn(Cc3cc#ccc3F)c3ncc(F)cc23)nc(N)c1N=Nc1ccccc1. The van der Waals surface area contributed by atoms with Gasteiger partial charge in [0.1, 0.15) is 17.3 Å². The second-order valence-corrected chi connectivity index (χ2v) is 7.18. The van der Waals surface area contributed by atoms with Crippen LogP contribution in [-0.4, -0.2) is 24.7 Å². The zero-order valence-corrected chi connectivity index (χ0v) is 17.4. The van der Waals surface area contributed by atoms with Crippen molar-refractivity contribution in [3.8, 4) is 11.5 Å². The minimum atomic E-state index is -0.587. The molecular formula is C23H15F2N9. The highest BCUT2D eigenvalue weighted by atomic mass is 19.1. The molecule has 3 heterocycles. The lowest BCUT2D eigenvalue weighted by molar-refractivity contribution is 0.589. The van der Waals surface area contributed by atoms with E-state index in [0.717, 1.165) is 6.20 Å². The van der Waals surface area contributed by atoms with E-state index < -0.39 is 11.6 Å². The van der Waals surface area contributed by atoms with Crippen molar-refractivity contribution in [1.29, 1.82) is 0 Å². The molecule has 34 heavy (non-hydrogen) atoms. The van der Waals surface area contributed by atoms with Crippen molar-refractivity contribution in [3.63, 3.8) is 0 Å². The minimum Gasteiger partial charge on any atom is -0.382 e. The molecule has 2 aromatic carbocycles. The zero-order valence-electron chi connectivity index (χ0n) is 17.4. The Balaban J connectivity index is 1.58. The van der Waals surface area contributed by atoms with Crippen molar-refractivity contribution in [2.75, 3.05) is 11.5 Å². The largest absolute Gasteiger partial charge is 0.382 e. The first kappa shape index (κ1) is 20.9. The Hall–Kier alpha value is -4.98. The number of nitrogen functional groups attached to an aromatic ring is 2. The number of pyridine rings is 1.